The van der Waals surface area contributed by atoms with Gasteiger partial charge in [-0.15, -0.1) is 0 Å². The van der Waals surface area contributed by atoms with Gasteiger partial charge in [-0.1, -0.05) is 46.8 Å². The molecule has 0 amide bonds. The maximum absolute atomic E-state index is 10.6. The Morgan fingerprint density at radius 2 is 1.57 bits per heavy atom. The highest BCUT2D eigenvalue weighted by Crippen LogP contribution is 2.64. The summed E-state index contributed by atoms with van der Waals surface area (Å²) in [5, 5.41) is 10.9. The molecule has 4 rings (SSSR count). The van der Waals surface area contributed by atoms with Crippen molar-refractivity contribution in [1.29, 1.82) is 0 Å². The minimum atomic E-state index is -1.69. The molecule has 8 atom stereocenters. The zero-order valence-corrected chi connectivity index (χ0v) is 20.4. The van der Waals surface area contributed by atoms with E-state index in [1.54, 1.807) is 0 Å². The van der Waals surface area contributed by atoms with Gasteiger partial charge in [0.1, 0.15) is 0 Å². The normalized spacial score (nSPS) is 48.7. The van der Waals surface area contributed by atoms with Gasteiger partial charge in [-0.05, 0) is 97.6 Å². The molecule has 0 aromatic rings. The Kier molecular flexibility index (Phi) is 5.04. The maximum Gasteiger partial charge on any atom is 0.192 e. The fourth-order valence-electron chi connectivity index (χ4n) is 7.25. The molecule has 0 aromatic heterocycles. The Morgan fingerprint density at radius 3 is 2.25 bits per heavy atom. The second kappa shape index (κ2) is 6.69. The SMILES string of the molecule is CC(C)(C)[Si](C)(C)OC1CC[C@@]2(C)[C@@H](C=C[C@@H]3[C@@H]2CC[C@]2(C)[C@@H](O)CC[C@@H]32)C1. The third-order valence-electron chi connectivity index (χ3n) is 10.3. The van der Waals surface area contributed by atoms with Crippen LogP contribution < -0.4 is 0 Å². The van der Waals surface area contributed by atoms with Crippen molar-refractivity contribution in [3.05, 3.63) is 12.2 Å². The van der Waals surface area contributed by atoms with Crippen LogP contribution in [0.1, 0.15) is 79.6 Å². The van der Waals surface area contributed by atoms with Crippen molar-refractivity contribution < 1.29 is 9.53 Å². The number of allylic oxidation sites excluding steroid dienone is 2. The molecule has 3 heteroatoms. The van der Waals surface area contributed by atoms with Crippen molar-refractivity contribution in [3.63, 3.8) is 0 Å². The highest BCUT2D eigenvalue weighted by Gasteiger charge is 2.59. The van der Waals surface area contributed by atoms with Crippen molar-refractivity contribution in [1.82, 2.24) is 0 Å². The van der Waals surface area contributed by atoms with Gasteiger partial charge in [0, 0.05) is 6.10 Å². The number of fused-ring (bicyclic) bond motifs is 5. The number of hydrogen-bond donors (Lipinski definition) is 1. The first-order valence-corrected chi connectivity index (χ1v) is 14.8. The van der Waals surface area contributed by atoms with E-state index in [9.17, 15) is 5.11 Å². The van der Waals surface area contributed by atoms with Gasteiger partial charge < -0.3 is 9.53 Å². The summed E-state index contributed by atoms with van der Waals surface area (Å²) < 4.78 is 6.84. The van der Waals surface area contributed by atoms with Crippen molar-refractivity contribution in [2.75, 3.05) is 0 Å². The van der Waals surface area contributed by atoms with Crippen molar-refractivity contribution in [3.8, 4) is 0 Å². The van der Waals surface area contributed by atoms with Gasteiger partial charge in [0.25, 0.3) is 0 Å². The number of aliphatic hydroxyl groups excluding tert-OH is 1. The lowest BCUT2D eigenvalue weighted by Crippen LogP contribution is -2.54. The summed E-state index contributed by atoms with van der Waals surface area (Å²) in [6.45, 7) is 16.8. The van der Waals surface area contributed by atoms with Crippen LogP contribution in [0.25, 0.3) is 0 Å². The number of aliphatic hydroxyl groups is 1. The third-order valence-corrected chi connectivity index (χ3v) is 14.9. The van der Waals surface area contributed by atoms with Crippen LogP contribution in [0.2, 0.25) is 18.1 Å². The van der Waals surface area contributed by atoms with Gasteiger partial charge in [-0.3, -0.25) is 0 Å². The van der Waals surface area contributed by atoms with E-state index in [0.29, 0.717) is 34.3 Å². The summed E-state index contributed by atoms with van der Waals surface area (Å²) in [4.78, 5) is 0. The van der Waals surface area contributed by atoms with E-state index in [-0.39, 0.29) is 11.5 Å². The molecular weight excluding hydrogens is 360 g/mol. The van der Waals surface area contributed by atoms with Crippen LogP contribution in [-0.2, 0) is 4.43 Å². The van der Waals surface area contributed by atoms with Crippen LogP contribution in [-0.4, -0.2) is 25.6 Å². The molecular formula is C25H44O2Si. The summed E-state index contributed by atoms with van der Waals surface area (Å²) in [6.07, 6.45) is 14.1. The second-order valence-corrected chi connectivity index (χ2v) is 17.5. The number of hydrogen-bond acceptors (Lipinski definition) is 2. The first-order chi connectivity index (χ1) is 12.9. The average molecular weight is 405 g/mol. The lowest BCUT2D eigenvalue weighted by Gasteiger charge is -2.59. The maximum atomic E-state index is 10.6. The van der Waals surface area contributed by atoms with Gasteiger partial charge in [-0.2, -0.15) is 0 Å². The molecule has 0 spiro atoms. The van der Waals surface area contributed by atoms with E-state index >= 15 is 0 Å². The Morgan fingerprint density at radius 1 is 0.929 bits per heavy atom. The molecule has 0 aromatic carbocycles. The van der Waals surface area contributed by atoms with Gasteiger partial charge >= 0.3 is 0 Å². The smallest absolute Gasteiger partial charge is 0.192 e. The zero-order chi connectivity index (χ0) is 20.5. The minimum absolute atomic E-state index is 0.0777. The van der Waals surface area contributed by atoms with E-state index in [2.05, 4.69) is 59.9 Å². The zero-order valence-electron chi connectivity index (χ0n) is 19.4. The predicted molar refractivity (Wildman–Crippen MR) is 120 cm³/mol. The third kappa shape index (κ3) is 3.10. The van der Waals surface area contributed by atoms with Crippen LogP contribution in [0, 0.1) is 34.5 Å². The summed E-state index contributed by atoms with van der Waals surface area (Å²) >= 11 is 0. The fraction of sp³-hybridized carbons (Fsp3) is 0.920. The van der Waals surface area contributed by atoms with Crippen LogP contribution in [0.5, 0.6) is 0 Å². The molecule has 0 bridgehead atoms. The fourth-order valence-corrected chi connectivity index (χ4v) is 8.66. The minimum Gasteiger partial charge on any atom is -0.414 e. The standard InChI is InChI=1S/C25H44O2Si/c1-23(2,3)28(6,7)27-18-12-14-24(4)17(16-18)8-9-19-20-10-11-22(26)25(20,5)15-13-21(19)24/h8-9,17-22,26H,10-16H2,1-7H3/t17-,18?,19-,20-,21-,22-,24-,25-/m0/s1. The molecule has 4 aliphatic carbocycles. The molecule has 3 saturated carbocycles. The van der Waals surface area contributed by atoms with Gasteiger partial charge in [-0.25, -0.2) is 0 Å². The molecule has 3 fully saturated rings. The summed E-state index contributed by atoms with van der Waals surface area (Å²) in [6, 6.07) is 0. The Labute approximate surface area is 174 Å². The molecule has 2 nitrogen and oxygen atoms in total. The molecule has 1 N–H and O–H groups in total. The highest BCUT2D eigenvalue weighted by molar-refractivity contribution is 6.74. The predicted octanol–water partition coefficient (Wildman–Crippen LogP) is 6.56. The largest absolute Gasteiger partial charge is 0.414 e. The lowest BCUT2D eigenvalue weighted by molar-refractivity contribution is -0.0880. The first-order valence-electron chi connectivity index (χ1n) is 11.9. The molecule has 4 aliphatic rings. The average Bonchev–Trinajstić information content (AvgIpc) is 2.89. The van der Waals surface area contributed by atoms with E-state index < -0.39 is 8.32 Å². The van der Waals surface area contributed by atoms with Gasteiger partial charge in [0.05, 0.1) is 6.10 Å². The molecule has 0 heterocycles. The monoisotopic (exact) mass is 404 g/mol. The summed E-state index contributed by atoms with van der Waals surface area (Å²) in [7, 11) is -1.69. The van der Waals surface area contributed by atoms with E-state index in [1.807, 2.05) is 0 Å². The molecule has 0 aliphatic heterocycles. The van der Waals surface area contributed by atoms with Crippen molar-refractivity contribution in [2.45, 2.75) is 110 Å². The second-order valence-electron chi connectivity index (χ2n) is 12.7. The summed E-state index contributed by atoms with van der Waals surface area (Å²) in [5.41, 5.74) is 0.596. The van der Waals surface area contributed by atoms with Crippen LogP contribution in [0.4, 0.5) is 0 Å². The molecule has 1 unspecified atom stereocenters. The van der Waals surface area contributed by atoms with Gasteiger partial charge in [0.15, 0.2) is 8.32 Å². The van der Waals surface area contributed by atoms with Crippen molar-refractivity contribution in [2.24, 2.45) is 34.5 Å². The van der Waals surface area contributed by atoms with Crippen LogP contribution in [0.15, 0.2) is 12.2 Å². The molecule has 28 heavy (non-hydrogen) atoms. The Hall–Kier alpha value is -0.123. The molecule has 0 radical (unpaired) electrons. The quantitative estimate of drug-likeness (QED) is 0.417. The van der Waals surface area contributed by atoms with Crippen molar-refractivity contribution >= 4 is 8.32 Å². The Balaban J connectivity index is 1.52. The molecule has 0 saturated heterocycles. The van der Waals surface area contributed by atoms with Crippen LogP contribution >= 0.6 is 0 Å². The molecule has 160 valence electrons. The van der Waals surface area contributed by atoms with Crippen LogP contribution in [0.3, 0.4) is 0 Å². The number of rotatable bonds is 2. The van der Waals surface area contributed by atoms with E-state index in [1.165, 1.54) is 38.5 Å². The Bertz CT molecular complexity index is 635. The van der Waals surface area contributed by atoms with E-state index in [4.69, 9.17) is 4.43 Å². The topological polar surface area (TPSA) is 29.5 Å². The van der Waals surface area contributed by atoms with E-state index in [0.717, 1.165) is 12.3 Å². The van der Waals surface area contributed by atoms with Gasteiger partial charge in [0.2, 0.25) is 0 Å². The summed E-state index contributed by atoms with van der Waals surface area (Å²) in [5.74, 6) is 2.86. The first kappa shape index (κ1) is 21.1. The highest BCUT2D eigenvalue weighted by atomic mass is 28.4. The lowest BCUT2D eigenvalue weighted by atomic mass is 9.47.